The Morgan fingerprint density at radius 3 is 2.15 bits per heavy atom. The second-order valence-electron chi connectivity index (χ2n) is 1.97. The summed E-state index contributed by atoms with van der Waals surface area (Å²) in [4.78, 5) is 0. The minimum absolute atomic E-state index is 0.0585. The van der Waals surface area contributed by atoms with Crippen molar-refractivity contribution in [1.82, 2.24) is 0 Å². The van der Waals surface area contributed by atoms with E-state index in [2.05, 4.69) is 13.6 Å². The second-order valence-corrected chi connectivity index (χ2v) is 3.10. The van der Waals surface area contributed by atoms with Crippen LogP contribution in [0, 0.1) is 0 Å². The third-order valence-corrected chi connectivity index (χ3v) is 2.23. The quantitative estimate of drug-likeness (QED) is 0.610. The molecule has 0 spiro atoms. The van der Waals surface area contributed by atoms with E-state index in [0.29, 0.717) is 0 Å². The van der Waals surface area contributed by atoms with Gasteiger partial charge >= 0.3 is 26.1 Å². The molecule has 0 aliphatic carbocycles. The van der Waals surface area contributed by atoms with Crippen LogP contribution in [-0.4, -0.2) is 18.8 Å². The molecule has 2 atom stereocenters. The third kappa shape index (κ3) is 6.28. The van der Waals surface area contributed by atoms with Crippen molar-refractivity contribution < 1.29 is 27.3 Å². The second kappa shape index (κ2) is 8.76. The van der Waals surface area contributed by atoms with E-state index in [9.17, 15) is 13.7 Å². The van der Waals surface area contributed by atoms with Crippen molar-refractivity contribution in [2.75, 3.05) is 6.61 Å². The molecule has 6 nitrogen and oxygen atoms in total. The Morgan fingerprint density at radius 1 is 1.08 bits per heavy atom. The molecule has 0 aliphatic rings. The molecule has 0 aromatic rings. The first-order valence-electron chi connectivity index (χ1n) is 3.17. The molecule has 2 unspecified atom stereocenters. The van der Waals surface area contributed by atoms with Gasteiger partial charge in [0.05, 0.1) is 12.7 Å². The summed E-state index contributed by atoms with van der Waals surface area (Å²) in [5.41, 5.74) is 0. The minimum Gasteiger partial charge on any atom is -0.292 e. The zero-order valence-electron chi connectivity index (χ0n) is 6.65. The summed E-state index contributed by atoms with van der Waals surface area (Å²) in [5.74, 6) is 0. The zero-order chi connectivity index (χ0) is 10.1. The zero-order valence-corrected chi connectivity index (χ0v) is 9.34. The van der Waals surface area contributed by atoms with Gasteiger partial charge in [0, 0.05) is 0 Å². The van der Waals surface area contributed by atoms with Gasteiger partial charge in [0.25, 0.3) is 0 Å². The average molecular weight is 244 g/mol. The van der Waals surface area contributed by atoms with Crippen molar-refractivity contribution in [2.24, 2.45) is 0 Å². The van der Waals surface area contributed by atoms with Crippen LogP contribution in [0.1, 0.15) is 6.92 Å². The molecule has 0 bridgehead atoms. The fourth-order valence-electron chi connectivity index (χ4n) is 0.547. The molecule has 0 fully saturated rings. The highest BCUT2D eigenvalue weighted by atomic mass is 31.1. The average Bonchev–Trinajstić information content (AvgIpc) is 2.12. The fraction of sp³-hybridized carbons (Fsp3) is 1.00. The van der Waals surface area contributed by atoms with Crippen LogP contribution < -0.4 is 0 Å². The van der Waals surface area contributed by atoms with Gasteiger partial charge in [0.15, 0.2) is 0 Å². The Morgan fingerprint density at radius 2 is 1.69 bits per heavy atom. The largest absolute Gasteiger partial charge is 0.327 e. The normalized spacial score (nSPS) is 16.4. The van der Waals surface area contributed by atoms with Gasteiger partial charge in [-0.3, -0.25) is 13.6 Å². The smallest absolute Gasteiger partial charge is 0.292 e. The van der Waals surface area contributed by atoms with E-state index in [1.54, 1.807) is 6.92 Å². The lowest BCUT2D eigenvalue weighted by Crippen LogP contribution is -2.28. The summed E-state index contributed by atoms with van der Waals surface area (Å²) in [6.07, 6.45) is -1.25. The molecular weight excluding hydrogens is 237 g/mol. The Labute approximate surface area is 79.8 Å². The Bertz CT molecular complexity index is 175. The summed E-state index contributed by atoms with van der Waals surface area (Å²) in [7, 11) is -1.54. The van der Waals surface area contributed by atoms with Crippen molar-refractivity contribution in [3.63, 3.8) is 0 Å². The molecule has 0 aromatic carbocycles. The highest BCUT2D eigenvalue weighted by Gasteiger charge is 2.20. The van der Waals surface area contributed by atoms with Gasteiger partial charge in [-0.15, -0.1) is 0 Å². The third-order valence-electron chi connectivity index (χ3n) is 1.20. The molecule has 13 heavy (non-hydrogen) atoms. The van der Waals surface area contributed by atoms with Gasteiger partial charge in [-0.2, -0.15) is 0 Å². The van der Waals surface area contributed by atoms with Crippen LogP contribution in [0.5, 0.6) is 0 Å². The summed E-state index contributed by atoms with van der Waals surface area (Å²) in [6, 6.07) is 0. The van der Waals surface area contributed by atoms with E-state index in [-0.39, 0.29) is 6.61 Å². The van der Waals surface area contributed by atoms with Crippen LogP contribution in [0.15, 0.2) is 0 Å². The molecule has 0 saturated carbocycles. The number of hydrogen-bond acceptors (Lipinski definition) is 6. The summed E-state index contributed by atoms with van der Waals surface area (Å²) in [6.45, 7) is 1.50. The predicted octanol–water partition coefficient (Wildman–Crippen LogP) is 2.41. The maximum Gasteiger partial charge on any atom is 0.327 e. The van der Waals surface area contributed by atoms with E-state index in [1.807, 2.05) is 0 Å². The lowest BCUT2D eigenvalue weighted by molar-refractivity contribution is 0.0509. The van der Waals surface area contributed by atoms with Crippen molar-refractivity contribution in [3.05, 3.63) is 0 Å². The van der Waals surface area contributed by atoms with E-state index >= 15 is 0 Å². The van der Waals surface area contributed by atoms with Crippen LogP contribution in [-0.2, 0) is 27.3 Å². The number of hydrogen-bond donors (Lipinski definition) is 0. The molecule has 74 valence electrons. The van der Waals surface area contributed by atoms with Gasteiger partial charge in [0.1, 0.15) is 6.10 Å². The molecule has 0 rings (SSSR count). The summed E-state index contributed by atoms with van der Waals surface area (Å²) < 4.78 is 43.8. The van der Waals surface area contributed by atoms with Crippen LogP contribution in [0.3, 0.4) is 0 Å². The number of rotatable bonds is 8. The first-order chi connectivity index (χ1) is 6.26. The van der Waals surface area contributed by atoms with Gasteiger partial charge in [0.2, 0.25) is 0 Å². The van der Waals surface area contributed by atoms with Crippen LogP contribution in [0.4, 0.5) is 0 Å². The lowest BCUT2D eigenvalue weighted by Gasteiger charge is -2.16. The highest BCUT2D eigenvalue weighted by molar-refractivity contribution is 7.17. The molecule has 0 radical (unpaired) electrons. The molecular formula is C4H7O6P3. The van der Waals surface area contributed by atoms with Crippen molar-refractivity contribution in [3.8, 4) is 0 Å². The Kier molecular flexibility index (Phi) is 8.89. The van der Waals surface area contributed by atoms with E-state index < -0.39 is 38.3 Å². The highest BCUT2D eigenvalue weighted by Crippen LogP contribution is 2.16. The molecule has 0 aromatic heterocycles. The van der Waals surface area contributed by atoms with Gasteiger partial charge in [-0.25, -0.2) is 13.7 Å². The standard InChI is InChI=1S/C4H7O6P3/c1-3(9-12-6)4(10-13-7)2-8-11-5/h3-4H,2H2,1H3. The Balaban J connectivity index is 3.95. The van der Waals surface area contributed by atoms with Crippen molar-refractivity contribution in [2.45, 2.75) is 19.1 Å². The minimum atomic E-state index is -0.679. The molecule has 0 saturated heterocycles. The maximum atomic E-state index is 10.1. The van der Waals surface area contributed by atoms with Crippen molar-refractivity contribution >= 4 is 26.1 Å². The SMILES string of the molecule is CC(OP=O)C(COP=O)OP=O. The monoisotopic (exact) mass is 244 g/mol. The lowest BCUT2D eigenvalue weighted by atomic mass is 10.2. The first-order valence-corrected chi connectivity index (χ1v) is 5.37. The first kappa shape index (κ1) is 13.2. The van der Waals surface area contributed by atoms with Crippen LogP contribution >= 0.6 is 26.1 Å². The topological polar surface area (TPSA) is 78.9 Å². The fourth-order valence-corrected chi connectivity index (χ4v) is 1.37. The molecule has 0 amide bonds. The van der Waals surface area contributed by atoms with E-state index in [0.717, 1.165) is 0 Å². The van der Waals surface area contributed by atoms with Crippen molar-refractivity contribution in [1.29, 1.82) is 0 Å². The molecule has 9 heteroatoms. The predicted molar refractivity (Wildman–Crippen MR) is 44.2 cm³/mol. The Hall–Kier alpha value is 0.180. The molecule has 0 heterocycles. The summed E-state index contributed by atoms with van der Waals surface area (Å²) >= 11 is 0. The molecule has 0 aliphatic heterocycles. The van der Waals surface area contributed by atoms with E-state index in [1.165, 1.54) is 0 Å². The van der Waals surface area contributed by atoms with Gasteiger partial charge in [-0.1, -0.05) is 0 Å². The van der Waals surface area contributed by atoms with E-state index in [4.69, 9.17) is 0 Å². The van der Waals surface area contributed by atoms with Crippen LogP contribution in [0.2, 0.25) is 0 Å². The molecule has 0 N–H and O–H groups in total. The maximum absolute atomic E-state index is 10.1. The van der Waals surface area contributed by atoms with Gasteiger partial charge in [-0.05, 0) is 6.92 Å². The summed E-state index contributed by atoms with van der Waals surface area (Å²) in [5, 5.41) is 0. The van der Waals surface area contributed by atoms with Crippen LogP contribution in [0.25, 0.3) is 0 Å². The van der Waals surface area contributed by atoms with Gasteiger partial charge < -0.3 is 0 Å².